The largest absolute Gasteiger partial charge is 0.326 e. The molecule has 6 nitrogen and oxygen atoms in total. The van der Waals surface area contributed by atoms with Crippen molar-refractivity contribution in [1.29, 1.82) is 0 Å². The molecular formula is C18H15N5OS. The number of benzene rings is 2. The lowest BCUT2D eigenvalue weighted by Gasteiger charge is -2.04. The molecule has 0 fully saturated rings. The molecule has 0 aliphatic heterocycles. The number of nitrogens with one attached hydrogen (secondary N) is 2. The van der Waals surface area contributed by atoms with E-state index in [1.807, 2.05) is 47.8 Å². The minimum absolute atomic E-state index is 0.272. The first-order valence-electron chi connectivity index (χ1n) is 7.73. The van der Waals surface area contributed by atoms with Gasteiger partial charge in [-0.15, -0.1) is 16.4 Å². The summed E-state index contributed by atoms with van der Waals surface area (Å²) in [4.78, 5) is 17.1. The molecule has 2 heterocycles. The summed E-state index contributed by atoms with van der Waals surface area (Å²) in [6.07, 6.45) is 0. The summed E-state index contributed by atoms with van der Waals surface area (Å²) < 4.78 is 1.74. The van der Waals surface area contributed by atoms with Crippen LogP contribution in [0.15, 0.2) is 60.0 Å². The summed E-state index contributed by atoms with van der Waals surface area (Å²) in [5.41, 5.74) is 3.92. The maximum Gasteiger partial charge on any atom is 0.326 e. The first-order valence-corrected chi connectivity index (χ1v) is 8.61. The number of carbonyl (C=O) groups excluding carboxylic acids is 1. The Morgan fingerprint density at radius 2 is 1.80 bits per heavy atom. The van der Waals surface area contributed by atoms with Crippen LogP contribution in [0.3, 0.4) is 0 Å². The second-order valence-corrected chi connectivity index (χ2v) is 6.40. The molecule has 124 valence electrons. The number of para-hydroxylation sites is 1. The minimum atomic E-state index is -0.374. The summed E-state index contributed by atoms with van der Waals surface area (Å²) in [5.74, 6) is 0.272. The molecule has 25 heavy (non-hydrogen) atoms. The van der Waals surface area contributed by atoms with Crippen LogP contribution in [-0.2, 0) is 0 Å². The maximum atomic E-state index is 12.1. The molecule has 0 saturated carbocycles. The molecule has 0 aliphatic rings. The van der Waals surface area contributed by atoms with Crippen LogP contribution in [0.4, 0.5) is 16.4 Å². The molecule has 2 N–H and O–H groups in total. The van der Waals surface area contributed by atoms with E-state index in [4.69, 9.17) is 0 Å². The van der Waals surface area contributed by atoms with Gasteiger partial charge >= 0.3 is 6.03 Å². The van der Waals surface area contributed by atoms with Crippen LogP contribution in [-0.4, -0.2) is 20.6 Å². The van der Waals surface area contributed by atoms with Gasteiger partial charge in [-0.2, -0.15) is 4.98 Å². The van der Waals surface area contributed by atoms with E-state index < -0.39 is 0 Å². The maximum absolute atomic E-state index is 12.1. The van der Waals surface area contributed by atoms with Gasteiger partial charge in [0, 0.05) is 16.6 Å². The number of aromatic nitrogens is 3. The molecule has 0 bridgehead atoms. The lowest BCUT2D eigenvalue weighted by Crippen LogP contribution is -2.20. The van der Waals surface area contributed by atoms with Crippen LogP contribution >= 0.6 is 11.3 Å². The van der Waals surface area contributed by atoms with E-state index in [1.54, 1.807) is 4.52 Å². The van der Waals surface area contributed by atoms with Gasteiger partial charge in [0.15, 0.2) is 0 Å². The molecule has 2 amide bonds. The predicted molar refractivity (Wildman–Crippen MR) is 100 cm³/mol. The van der Waals surface area contributed by atoms with Gasteiger partial charge in [0.05, 0.1) is 5.69 Å². The highest BCUT2D eigenvalue weighted by Gasteiger charge is 2.13. The predicted octanol–water partition coefficient (Wildman–Crippen LogP) is 4.41. The Balaban J connectivity index is 1.55. The third-order valence-electron chi connectivity index (χ3n) is 3.69. The second-order valence-electron chi connectivity index (χ2n) is 5.56. The number of hydrogen-bond donors (Lipinski definition) is 2. The van der Waals surface area contributed by atoms with E-state index >= 15 is 0 Å². The number of amides is 2. The molecule has 0 saturated heterocycles. The topological polar surface area (TPSA) is 71.3 Å². The van der Waals surface area contributed by atoms with Crippen molar-refractivity contribution in [3.05, 3.63) is 65.5 Å². The Morgan fingerprint density at radius 1 is 1.04 bits per heavy atom. The van der Waals surface area contributed by atoms with Gasteiger partial charge in [-0.3, -0.25) is 5.32 Å². The molecule has 0 radical (unpaired) electrons. The normalized spacial score (nSPS) is 10.8. The molecular weight excluding hydrogens is 334 g/mol. The zero-order valence-electron chi connectivity index (χ0n) is 13.4. The summed E-state index contributed by atoms with van der Waals surface area (Å²) >= 11 is 1.48. The standard InChI is InChI=1S/C18H15N5OS/c1-12-7-9-13(10-8-12)15-11-25-18-21-16(22-23(15)18)20-17(24)19-14-5-3-2-4-6-14/h2-11H,1H3,(H2,19,20,22,24). The van der Waals surface area contributed by atoms with Crippen molar-refractivity contribution in [1.82, 2.24) is 14.6 Å². The average molecular weight is 349 g/mol. The number of anilines is 2. The van der Waals surface area contributed by atoms with Crippen molar-refractivity contribution in [3.63, 3.8) is 0 Å². The van der Waals surface area contributed by atoms with Crippen LogP contribution in [0.25, 0.3) is 16.2 Å². The third-order valence-corrected chi connectivity index (χ3v) is 4.50. The van der Waals surface area contributed by atoms with Crippen LogP contribution in [0.5, 0.6) is 0 Å². The zero-order valence-corrected chi connectivity index (χ0v) is 14.2. The van der Waals surface area contributed by atoms with E-state index in [0.29, 0.717) is 5.69 Å². The number of nitrogens with zero attached hydrogens (tertiary/aromatic N) is 3. The SMILES string of the molecule is Cc1ccc(-c2csc3nc(NC(=O)Nc4ccccc4)nn23)cc1. The van der Waals surface area contributed by atoms with Gasteiger partial charge in [-0.1, -0.05) is 48.0 Å². The number of urea groups is 1. The molecule has 4 rings (SSSR count). The van der Waals surface area contributed by atoms with Crippen LogP contribution in [0, 0.1) is 6.92 Å². The highest BCUT2D eigenvalue weighted by Crippen LogP contribution is 2.26. The van der Waals surface area contributed by atoms with Crippen molar-refractivity contribution in [2.45, 2.75) is 6.92 Å². The van der Waals surface area contributed by atoms with E-state index in [2.05, 4.69) is 39.8 Å². The first-order chi connectivity index (χ1) is 12.2. The van der Waals surface area contributed by atoms with Gasteiger partial charge in [-0.05, 0) is 19.1 Å². The fraction of sp³-hybridized carbons (Fsp3) is 0.0556. The number of aryl methyl sites for hydroxylation is 1. The van der Waals surface area contributed by atoms with Gasteiger partial charge < -0.3 is 5.32 Å². The lowest BCUT2D eigenvalue weighted by atomic mass is 10.1. The number of hydrogen-bond acceptors (Lipinski definition) is 4. The van der Waals surface area contributed by atoms with Crippen LogP contribution < -0.4 is 10.6 Å². The lowest BCUT2D eigenvalue weighted by molar-refractivity contribution is 0.262. The molecule has 0 aliphatic carbocycles. The van der Waals surface area contributed by atoms with Crippen LogP contribution in [0.2, 0.25) is 0 Å². The fourth-order valence-electron chi connectivity index (χ4n) is 2.44. The van der Waals surface area contributed by atoms with Crippen molar-refractivity contribution in [3.8, 4) is 11.3 Å². The first kappa shape index (κ1) is 15.3. The minimum Gasteiger partial charge on any atom is -0.308 e. The van der Waals surface area contributed by atoms with E-state index in [1.165, 1.54) is 16.9 Å². The smallest absolute Gasteiger partial charge is 0.308 e. The second kappa shape index (κ2) is 6.37. The van der Waals surface area contributed by atoms with Crippen molar-refractivity contribution < 1.29 is 4.79 Å². The zero-order chi connectivity index (χ0) is 17.2. The number of carbonyl (C=O) groups is 1. The molecule has 0 atom stereocenters. The van der Waals surface area contributed by atoms with Crippen LogP contribution in [0.1, 0.15) is 5.56 Å². The third kappa shape index (κ3) is 3.22. The van der Waals surface area contributed by atoms with Crippen molar-refractivity contribution in [2.75, 3.05) is 10.6 Å². The molecule has 7 heteroatoms. The molecule has 0 spiro atoms. The fourth-order valence-corrected chi connectivity index (χ4v) is 3.27. The van der Waals surface area contributed by atoms with Crippen molar-refractivity contribution in [2.24, 2.45) is 0 Å². The Hall–Kier alpha value is -3.19. The summed E-state index contributed by atoms with van der Waals surface area (Å²) in [6, 6.07) is 17.1. The molecule has 4 aromatic rings. The summed E-state index contributed by atoms with van der Waals surface area (Å²) in [7, 11) is 0. The van der Waals surface area contributed by atoms with Gasteiger partial charge in [0.1, 0.15) is 0 Å². The Bertz CT molecular complexity index is 1020. The summed E-state index contributed by atoms with van der Waals surface area (Å²) in [6.45, 7) is 2.05. The average Bonchev–Trinajstić information content (AvgIpc) is 3.16. The molecule has 2 aromatic heterocycles. The Kier molecular flexibility index (Phi) is 3.91. The highest BCUT2D eigenvalue weighted by atomic mass is 32.1. The van der Waals surface area contributed by atoms with Gasteiger partial charge in [-0.25, -0.2) is 9.31 Å². The summed E-state index contributed by atoms with van der Waals surface area (Å²) in [5, 5.41) is 11.8. The van der Waals surface area contributed by atoms with Crippen molar-refractivity contribution >= 4 is 34.0 Å². The number of fused-ring (bicyclic) bond motifs is 1. The Labute approximate surface area is 148 Å². The quantitative estimate of drug-likeness (QED) is 0.575. The highest BCUT2D eigenvalue weighted by molar-refractivity contribution is 7.15. The molecule has 2 aromatic carbocycles. The monoisotopic (exact) mass is 349 g/mol. The van der Waals surface area contributed by atoms with E-state index in [9.17, 15) is 4.79 Å². The van der Waals surface area contributed by atoms with Gasteiger partial charge in [0.25, 0.3) is 5.95 Å². The number of thiazole rings is 1. The Morgan fingerprint density at radius 3 is 2.56 bits per heavy atom. The molecule has 0 unspecified atom stereocenters. The number of rotatable bonds is 3. The van der Waals surface area contributed by atoms with E-state index in [0.717, 1.165) is 16.2 Å². The van der Waals surface area contributed by atoms with E-state index in [-0.39, 0.29) is 12.0 Å². The van der Waals surface area contributed by atoms with Gasteiger partial charge in [0.2, 0.25) is 4.96 Å².